The van der Waals surface area contributed by atoms with Crippen LogP contribution in [0, 0.1) is 13.3 Å². The fourth-order valence-corrected chi connectivity index (χ4v) is 0.201. The van der Waals surface area contributed by atoms with E-state index in [2.05, 4.69) is 6.92 Å². The maximum absolute atomic E-state index is 4.82. The summed E-state index contributed by atoms with van der Waals surface area (Å²) in [5.74, 6) is 0. The zero-order chi connectivity index (χ0) is 4.83. The monoisotopic (exact) mass is 270 g/mol. The van der Waals surface area contributed by atoms with Crippen molar-refractivity contribution in [3.63, 3.8) is 0 Å². The number of rotatable bonds is 3. The Balaban J connectivity index is 0. The fraction of sp³-hybridized carbons (Fsp3) is 0.600. The summed E-state index contributed by atoms with van der Waals surface area (Å²) in [6.07, 6.45) is 1.95. The molecule has 0 amide bonds. The van der Waals surface area contributed by atoms with Crippen molar-refractivity contribution >= 4 is 0 Å². The first-order chi connectivity index (χ1) is 2.91. The van der Waals surface area contributed by atoms with Crippen LogP contribution in [-0.4, -0.2) is 13.2 Å². The molecule has 0 unspecified atom stereocenters. The quantitative estimate of drug-likeness (QED) is 0.550. The van der Waals surface area contributed by atoms with E-state index in [9.17, 15) is 0 Å². The van der Waals surface area contributed by atoms with Crippen LogP contribution in [0.25, 0.3) is 0 Å². The average molecular weight is 270 g/mol. The van der Waals surface area contributed by atoms with Gasteiger partial charge in [0.2, 0.25) is 0 Å². The molecule has 0 aromatic heterocycles. The molecule has 0 aromatic carbocycles. The van der Waals surface area contributed by atoms with Crippen molar-refractivity contribution in [1.82, 2.24) is 0 Å². The summed E-state index contributed by atoms with van der Waals surface area (Å²) in [4.78, 5) is 0. The van der Waals surface area contributed by atoms with Crippen LogP contribution in [0.15, 0.2) is 0 Å². The van der Waals surface area contributed by atoms with Crippen molar-refractivity contribution < 1.29 is 25.8 Å². The standard InChI is InChI=1S/C5H10O.W/c1-3-5-6-4-2;/h3H,2,4-5H2,1H3;/q-2;+2. The Bertz CT molecular complexity index is 20.0. The molecule has 2 heteroatoms. The molecule has 0 aliphatic heterocycles. The van der Waals surface area contributed by atoms with Gasteiger partial charge < -0.3 is 18.1 Å². The van der Waals surface area contributed by atoms with Crippen LogP contribution in [0.5, 0.6) is 0 Å². The average Bonchev–Trinajstić information content (AvgIpc) is 1.61. The molecule has 7 heavy (non-hydrogen) atoms. The van der Waals surface area contributed by atoms with E-state index in [0.717, 1.165) is 6.61 Å². The molecule has 0 aliphatic carbocycles. The van der Waals surface area contributed by atoms with E-state index in [0.29, 0.717) is 6.61 Å². The summed E-state index contributed by atoms with van der Waals surface area (Å²) in [5, 5.41) is 0. The van der Waals surface area contributed by atoms with Crippen LogP contribution in [0.2, 0.25) is 0 Å². The molecule has 42 valence electrons. The Hall–Kier alpha value is 0.648. The first kappa shape index (κ1) is 10.6. The molecule has 0 rings (SSSR count). The molecule has 0 fully saturated rings. The van der Waals surface area contributed by atoms with Gasteiger partial charge >= 0.3 is 21.1 Å². The van der Waals surface area contributed by atoms with Gasteiger partial charge in [-0.2, -0.15) is 6.92 Å². The first-order valence-corrected chi connectivity index (χ1v) is 2.06. The predicted octanol–water partition coefficient (Wildman–Crippen LogP) is 1.06. The van der Waals surface area contributed by atoms with Crippen LogP contribution >= 0.6 is 0 Å². The van der Waals surface area contributed by atoms with Crippen LogP contribution < -0.4 is 0 Å². The third-order valence-corrected chi connectivity index (χ3v) is 0.429. The van der Waals surface area contributed by atoms with Crippen LogP contribution in [0.3, 0.4) is 0 Å². The van der Waals surface area contributed by atoms with E-state index >= 15 is 0 Å². The molecule has 0 bridgehead atoms. The summed E-state index contributed by atoms with van der Waals surface area (Å²) in [6.45, 7) is 6.73. The number of ether oxygens (including phenoxy) is 1. The summed E-state index contributed by atoms with van der Waals surface area (Å²) in [6, 6.07) is 0. The van der Waals surface area contributed by atoms with E-state index in [4.69, 9.17) is 4.74 Å². The van der Waals surface area contributed by atoms with Crippen LogP contribution in [0.1, 0.15) is 6.92 Å². The summed E-state index contributed by atoms with van der Waals surface area (Å²) < 4.78 is 4.82. The van der Waals surface area contributed by atoms with Crippen LogP contribution in [-0.2, 0) is 25.8 Å². The fourth-order valence-electron chi connectivity index (χ4n) is 0.201. The van der Waals surface area contributed by atoms with E-state index in [1.54, 1.807) is 0 Å². The van der Waals surface area contributed by atoms with E-state index in [1.807, 2.05) is 13.3 Å². The van der Waals surface area contributed by atoms with Crippen molar-refractivity contribution in [1.29, 1.82) is 0 Å². The van der Waals surface area contributed by atoms with Gasteiger partial charge in [0.15, 0.2) is 0 Å². The number of hydrogen-bond acceptors (Lipinski definition) is 1. The van der Waals surface area contributed by atoms with Gasteiger partial charge in [-0.05, 0) is 0 Å². The molecular weight excluding hydrogens is 260 g/mol. The zero-order valence-electron chi connectivity index (χ0n) is 4.52. The number of hydrogen-bond donors (Lipinski definition) is 0. The van der Waals surface area contributed by atoms with Gasteiger partial charge in [-0.1, -0.05) is 13.2 Å². The van der Waals surface area contributed by atoms with Crippen molar-refractivity contribution in [3.05, 3.63) is 13.3 Å². The normalized spacial score (nSPS) is 7.71. The summed E-state index contributed by atoms with van der Waals surface area (Å²) >= 11 is 0. The summed E-state index contributed by atoms with van der Waals surface area (Å²) in [7, 11) is 0. The SMILES string of the molecule is [CH2-]COC[CH-]C.[W+2]. The van der Waals surface area contributed by atoms with Gasteiger partial charge in [0, 0.05) is 0 Å². The summed E-state index contributed by atoms with van der Waals surface area (Å²) in [5.41, 5.74) is 0. The van der Waals surface area contributed by atoms with E-state index in [-0.39, 0.29) is 21.1 Å². The molecule has 0 saturated carbocycles. The van der Waals surface area contributed by atoms with Crippen molar-refractivity contribution in [2.75, 3.05) is 13.2 Å². The minimum atomic E-state index is 0. The molecule has 0 N–H and O–H groups in total. The molecule has 0 saturated heterocycles. The van der Waals surface area contributed by atoms with Crippen LogP contribution in [0.4, 0.5) is 0 Å². The third kappa shape index (κ3) is 10.8. The van der Waals surface area contributed by atoms with Gasteiger partial charge in [-0.25, -0.2) is 0 Å². The van der Waals surface area contributed by atoms with Crippen molar-refractivity contribution in [3.8, 4) is 0 Å². The van der Waals surface area contributed by atoms with Gasteiger partial charge in [0.25, 0.3) is 0 Å². The van der Waals surface area contributed by atoms with E-state index < -0.39 is 0 Å². The predicted molar refractivity (Wildman–Crippen MR) is 26.1 cm³/mol. The maximum Gasteiger partial charge on any atom is 2.00 e. The molecule has 1 nitrogen and oxygen atoms in total. The second-order valence-electron chi connectivity index (χ2n) is 0.983. The largest absolute Gasteiger partial charge is 2.00 e. The molecule has 0 spiro atoms. The Kier molecular flexibility index (Phi) is 14.9. The molecular formula is C5H10OW. The molecule has 0 atom stereocenters. The molecule has 0 radical (unpaired) electrons. The Morgan fingerprint density at radius 3 is 2.43 bits per heavy atom. The van der Waals surface area contributed by atoms with Gasteiger partial charge in [0.1, 0.15) is 0 Å². The van der Waals surface area contributed by atoms with Crippen molar-refractivity contribution in [2.45, 2.75) is 6.92 Å². The minimum absolute atomic E-state index is 0. The van der Waals surface area contributed by atoms with Crippen molar-refractivity contribution in [2.24, 2.45) is 0 Å². The maximum atomic E-state index is 4.82. The first-order valence-electron chi connectivity index (χ1n) is 2.06. The smallest absolute Gasteiger partial charge is 0.445 e. The molecule has 0 aromatic rings. The second-order valence-corrected chi connectivity index (χ2v) is 0.983. The minimum Gasteiger partial charge on any atom is -0.445 e. The zero-order valence-corrected chi connectivity index (χ0v) is 7.45. The molecule has 0 heterocycles. The third-order valence-electron chi connectivity index (χ3n) is 0.429. The van der Waals surface area contributed by atoms with E-state index in [1.165, 1.54) is 0 Å². The Morgan fingerprint density at radius 2 is 2.29 bits per heavy atom. The topological polar surface area (TPSA) is 9.23 Å². The van der Waals surface area contributed by atoms with Gasteiger partial charge in [0.05, 0.1) is 0 Å². The molecule has 0 aliphatic rings. The Morgan fingerprint density at radius 1 is 1.71 bits per heavy atom. The second kappa shape index (κ2) is 9.82. The Labute approximate surface area is 59.7 Å². The van der Waals surface area contributed by atoms with Gasteiger partial charge in [-0.15, -0.1) is 0 Å². The van der Waals surface area contributed by atoms with Gasteiger partial charge in [-0.3, -0.25) is 0 Å².